The maximum Gasteiger partial charge on any atom is 0.427 e. The van der Waals surface area contributed by atoms with Gasteiger partial charge in [-0.05, 0) is 18.4 Å². The van der Waals surface area contributed by atoms with E-state index in [0.29, 0.717) is 29.6 Å². The molecule has 1 aliphatic rings. The molecule has 0 radical (unpaired) electrons. The van der Waals surface area contributed by atoms with Crippen LogP contribution in [0.1, 0.15) is 29.4 Å². The Morgan fingerprint density at radius 2 is 2.04 bits per heavy atom. The van der Waals surface area contributed by atoms with E-state index in [1.807, 2.05) is 30.3 Å². The number of hydrogen-bond acceptors (Lipinski definition) is 4. The standard InChI is InChI=1S/C16H17F3N2OS/c17-16(18,19)13-10-21-15(23-13)20-9-12-7-4-8-22-14(12)11-5-2-1-3-6-11/h1-3,5-6,10,12,14H,4,7-9H2,(H,20,21). The highest BCUT2D eigenvalue weighted by atomic mass is 32.1. The van der Waals surface area contributed by atoms with Crippen molar-refractivity contribution in [1.29, 1.82) is 0 Å². The van der Waals surface area contributed by atoms with Crippen LogP contribution in [0.4, 0.5) is 18.3 Å². The van der Waals surface area contributed by atoms with Gasteiger partial charge in [-0.25, -0.2) is 4.98 Å². The summed E-state index contributed by atoms with van der Waals surface area (Å²) in [5, 5.41) is 3.33. The van der Waals surface area contributed by atoms with E-state index in [4.69, 9.17) is 4.74 Å². The molecule has 124 valence electrons. The number of benzene rings is 1. The first kappa shape index (κ1) is 16.3. The van der Waals surface area contributed by atoms with E-state index in [-0.39, 0.29) is 12.0 Å². The van der Waals surface area contributed by atoms with Crippen molar-refractivity contribution in [1.82, 2.24) is 4.98 Å². The molecule has 2 heterocycles. The highest BCUT2D eigenvalue weighted by Crippen LogP contribution is 2.36. The minimum Gasteiger partial charge on any atom is -0.373 e. The SMILES string of the molecule is FC(F)(F)c1cnc(NCC2CCCOC2c2ccccc2)s1. The number of ether oxygens (including phenoxy) is 1. The molecule has 1 aromatic carbocycles. The van der Waals surface area contributed by atoms with Crippen molar-refractivity contribution in [2.24, 2.45) is 5.92 Å². The van der Waals surface area contributed by atoms with Crippen molar-refractivity contribution in [3.05, 3.63) is 47.0 Å². The second-order valence-electron chi connectivity index (χ2n) is 5.51. The summed E-state index contributed by atoms with van der Waals surface area (Å²) in [5.74, 6) is 0.212. The van der Waals surface area contributed by atoms with Crippen LogP contribution in [0.2, 0.25) is 0 Å². The predicted octanol–water partition coefficient (Wildman–Crippen LogP) is 4.74. The average molecular weight is 342 g/mol. The van der Waals surface area contributed by atoms with E-state index < -0.39 is 11.1 Å². The molecular weight excluding hydrogens is 325 g/mol. The molecule has 2 aromatic rings. The van der Waals surface area contributed by atoms with Crippen LogP contribution in [0.15, 0.2) is 36.5 Å². The Morgan fingerprint density at radius 1 is 1.26 bits per heavy atom. The molecular formula is C16H17F3N2OS. The zero-order chi connectivity index (χ0) is 16.3. The Kier molecular flexibility index (Phi) is 4.87. The van der Waals surface area contributed by atoms with Crippen LogP contribution < -0.4 is 5.32 Å². The third kappa shape index (κ3) is 4.03. The van der Waals surface area contributed by atoms with E-state index in [1.165, 1.54) is 0 Å². The number of hydrogen-bond donors (Lipinski definition) is 1. The maximum absolute atomic E-state index is 12.6. The molecule has 1 aliphatic heterocycles. The molecule has 0 aliphatic carbocycles. The molecule has 0 saturated carbocycles. The van der Waals surface area contributed by atoms with E-state index in [0.717, 1.165) is 24.6 Å². The Morgan fingerprint density at radius 3 is 2.74 bits per heavy atom. The Hall–Kier alpha value is -1.60. The molecule has 1 saturated heterocycles. The average Bonchev–Trinajstić information content (AvgIpc) is 3.03. The lowest BCUT2D eigenvalue weighted by molar-refractivity contribution is -0.134. The Bertz CT molecular complexity index is 630. The van der Waals surface area contributed by atoms with Gasteiger partial charge in [-0.3, -0.25) is 0 Å². The zero-order valence-corrected chi connectivity index (χ0v) is 13.2. The molecule has 1 fully saturated rings. The predicted molar refractivity (Wildman–Crippen MR) is 83.5 cm³/mol. The van der Waals surface area contributed by atoms with Crippen LogP contribution in [0.3, 0.4) is 0 Å². The van der Waals surface area contributed by atoms with E-state index in [2.05, 4.69) is 10.3 Å². The summed E-state index contributed by atoms with van der Waals surface area (Å²) in [4.78, 5) is 3.13. The fourth-order valence-electron chi connectivity index (χ4n) is 2.77. The maximum atomic E-state index is 12.6. The van der Waals surface area contributed by atoms with Crippen molar-refractivity contribution >= 4 is 16.5 Å². The van der Waals surface area contributed by atoms with Gasteiger partial charge >= 0.3 is 6.18 Å². The molecule has 7 heteroatoms. The van der Waals surface area contributed by atoms with Crippen molar-refractivity contribution < 1.29 is 17.9 Å². The Labute approximate surface area is 136 Å². The van der Waals surface area contributed by atoms with Crippen molar-refractivity contribution in [2.75, 3.05) is 18.5 Å². The number of rotatable bonds is 4. The summed E-state index contributed by atoms with van der Waals surface area (Å²) in [7, 11) is 0. The number of anilines is 1. The summed E-state index contributed by atoms with van der Waals surface area (Å²) < 4.78 is 43.7. The largest absolute Gasteiger partial charge is 0.427 e. The lowest BCUT2D eigenvalue weighted by atomic mass is 9.89. The molecule has 0 spiro atoms. The minimum absolute atomic E-state index is 0.0282. The fraction of sp³-hybridized carbons (Fsp3) is 0.438. The topological polar surface area (TPSA) is 34.2 Å². The first-order chi connectivity index (χ1) is 11.0. The van der Waals surface area contributed by atoms with Crippen molar-refractivity contribution in [3.8, 4) is 0 Å². The summed E-state index contributed by atoms with van der Waals surface area (Å²) in [6.07, 6.45) is -1.55. The lowest BCUT2D eigenvalue weighted by Crippen LogP contribution is -2.28. The summed E-state index contributed by atoms with van der Waals surface area (Å²) >= 11 is 0.637. The van der Waals surface area contributed by atoms with Gasteiger partial charge in [0.25, 0.3) is 0 Å². The van der Waals surface area contributed by atoms with Crippen LogP contribution >= 0.6 is 11.3 Å². The van der Waals surface area contributed by atoms with Gasteiger partial charge in [-0.15, -0.1) is 0 Å². The molecule has 0 amide bonds. The van der Waals surface area contributed by atoms with Gasteiger partial charge in [-0.1, -0.05) is 41.7 Å². The van der Waals surface area contributed by atoms with Crippen LogP contribution in [0, 0.1) is 5.92 Å². The highest BCUT2D eigenvalue weighted by Gasteiger charge is 2.33. The normalized spacial score (nSPS) is 22.0. The molecule has 23 heavy (non-hydrogen) atoms. The van der Waals surface area contributed by atoms with Crippen molar-refractivity contribution in [3.63, 3.8) is 0 Å². The molecule has 2 atom stereocenters. The fourth-order valence-corrected chi connectivity index (χ4v) is 3.46. The van der Waals surface area contributed by atoms with Gasteiger partial charge in [0.2, 0.25) is 0 Å². The molecule has 3 rings (SSSR count). The highest BCUT2D eigenvalue weighted by molar-refractivity contribution is 7.15. The third-order valence-electron chi connectivity index (χ3n) is 3.87. The number of thiazole rings is 1. The second kappa shape index (κ2) is 6.88. The molecule has 1 aromatic heterocycles. The monoisotopic (exact) mass is 342 g/mol. The van der Waals surface area contributed by atoms with Gasteiger partial charge in [-0.2, -0.15) is 13.2 Å². The first-order valence-electron chi connectivity index (χ1n) is 7.47. The summed E-state index contributed by atoms with van der Waals surface area (Å²) in [5.41, 5.74) is 1.11. The van der Waals surface area contributed by atoms with Gasteiger partial charge in [0.15, 0.2) is 5.13 Å². The Balaban J connectivity index is 1.65. The van der Waals surface area contributed by atoms with Crippen LogP contribution in [-0.2, 0) is 10.9 Å². The van der Waals surface area contributed by atoms with Gasteiger partial charge in [0.05, 0.1) is 12.3 Å². The van der Waals surface area contributed by atoms with E-state index >= 15 is 0 Å². The number of nitrogens with one attached hydrogen (secondary N) is 1. The number of alkyl halides is 3. The second-order valence-corrected chi connectivity index (χ2v) is 6.54. The zero-order valence-electron chi connectivity index (χ0n) is 12.3. The minimum atomic E-state index is -4.34. The van der Waals surface area contributed by atoms with Crippen LogP contribution in [0.25, 0.3) is 0 Å². The van der Waals surface area contributed by atoms with E-state index in [1.54, 1.807) is 0 Å². The van der Waals surface area contributed by atoms with Crippen LogP contribution in [-0.4, -0.2) is 18.1 Å². The van der Waals surface area contributed by atoms with Gasteiger partial charge in [0, 0.05) is 19.1 Å². The first-order valence-corrected chi connectivity index (χ1v) is 8.29. The van der Waals surface area contributed by atoms with E-state index in [9.17, 15) is 13.2 Å². The molecule has 0 bridgehead atoms. The quantitative estimate of drug-likeness (QED) is 0.871. The smallest absolute Gasteiger partial charge is 0.373 e. The molecule has 2 unspecified atom stereocenters. The summed E-state index contributed by atoms with van der Waals surface area (Å²) in [6, 6.07) is 9.93. The van der Waals surface area contributed by atoms with Crippen molar-refractivity contribution in [2.45, 2.75) is 25.1 Å². The number of nitrogens with zero attached hydrogens (tertiary/aromatic N) is 1. The van der Waals surface area contributed by atoms with Crippen LogP contribution in [0.5, 0.6) is 0 Å². The van der Waals surface area contributed by atoms with Gasteiger partial charge in [0.1, 0.15) is 4.88 Å². The molecule has 3 nitrogen and oxygen atoms in total. The third-order valence-corrected chi connectivity index (χ3v) is 4.87. The number of aromatic nitrogens is 1. The molecule has 1 N–H and O–H groups in total. The number of halogens is 3. The van der Waals surface area contributed by atoms with Gasteiger partial charge < -0.3 is 10.1 Å². The summed E-state index contributed by atoms with van der Waals surface area (Å²) in [6.45, 7) is 1.26. The lowest BCUT2D eigenvalue weighted by Gasteiger charge is -2.32.